The summed E-state index contributed by atoms with van der Waals surface area (Å²) in [6.45, 7) is 4.95. The van der Waals surface area contributed by atoms with E-state index >= 15 is 0 Å². The molecule has 0 aromatic heterocycles. The van der Waals surface area contributed by atoms with Gasteiger partial charge < -0.3 is 20.3 Å². The zero-order valence-electron chi connectivity index (χ0n) is 55.2. The lowest BCUT2D eigenvalue weighted by Gasteiger charge is -2.22. The third-order valence-corrected chi connectivity index (χ3v) is 17.1. The number of carbonyl (C=O) groups is 2. The highest BCUT2D eigenvalue weighted by Crippen LogP contribution is 2.19. The van der Waals surface area contributed by atoms with Crippen LogP contribution < -0.4 is 5.32 Å². The Morgan fingerprint density at radius 1 is 0.341 bits per heavy atom. The molecule has 1 amide bonds. The number of aliphatic hydroxyl groups excluding tert-OH is 2. The molecule has 3 N–H and O–H groups in total. The van der Waals surface area contributed by atoms with E-state index in [1.54, 1.807) is 0 Å². The molecule has 0 bridgehead atoms. The minimum atomic E-state index is -0.667. The molecule has 0 spiro atoms. The Hall–Kier alpha value is -2.18. The van der Waals surface area contributed by atoms with E-state index in [2.05, 4.69) is 67.8 Å². The van der Waals surface area contributed by atoms with Crippen molar-refractivity contribution in [2.45, 2.75) is 411 Å². The molecule has 6 nitrogen and oxygen atoms in total. The summed E-state index contributed by atoms with van der Waals surface area (Å²) in [5, 5.41) is 23.4. The normalized spacial score (nSPS) is 12.8. The summed E-state index contributed by atoms with van der Waals surface area (Å²) in [6, 6.07) is -0.544. The van der Waals surface area contributed by atoms with Crippen LogP contribution in [0.5, 0.6) is 0 Å². The summed E-state index contributed by atoms with van der Waals surface area (Å²) in [5.74, 6) is -0.0339. The van der Waals surface area contributed by atoms with E-state index < -0.39 is 12.1 Å². The van der Waals surface area contributed by atoms with Gasteiger partial charge in [-0.2, -0.15) is 0 Å². The van der Waals surface area contributed by atoms with Gasteiger partial charge in [-0.15, -0.1) is 0 Å². The second kappa shape index (κ2) is 71.3. The van der Waals surface area contributed by atoms with Gasteiger partial charge >= 0.3 is 5.97 Å². The first-order chi connectivity index (χ1) is 40.5. The summed E-state index contributed by atoms with van der Waals surface area (Å²) < 4.78 is 5.48. The molecule has 0 saturated heterocycles. The van der Waals surface area contributed by atoms with E-state index in [-0.39, 0.29) is 18.5 Å². The first-order valence-corrected chi connectivity index (χ1v) is 36.9. The number of hydrogen-bond donors (Lipinski definition) is 3. The third kappa shape index (κ3) is 67.0. The van der Waals surface area contributed by atoms with Crippen molar-refractivity contribution in [3.63, 3.8) is 0 Å². The Morgan fingerprint density at radius 2 is 0.610 bits per heavy atom. The SMILES string of the molecule is CCCCC/C=C\C/C=C\CCCCCCCC(=O)OCCCCCCCCCCC/C=C\C/C=C\CCCCCCCCCCCCCCCC(=O)NC(CO)C(O)CCCCCCCCCCCCCCCCCCCCCCC. The van der Waals surface area contributed by atoms with Crippen LogP contribution in [-0.2, 0) is 14.3 Å². The van der Waals surface area contributed by atoms with Gasteiger partial charge in [-0.25, -0.2) is 0 Å². The van der Waals surface area contributed by atoms with Crippen LogP contribution in [0.2, 0.25) is 0 Å². The summed E-state index contributed by atoms with van der Waals surface area (Å²) in [5.41, 5.74) is 0. The fraction of sp³-hybridized carbons (Fsp3) is 0.868. The number of nitrogens with one attached hydrogen (secondary N) is 1. The molecule has 0 radical (unpaired) electrons. The standard InChI is InChI=1S/C76H143NO5/c1-3-5-7-9-11-13-15-17-19-20-21-31-34-37-41-44-48-52-56-60-64-68-74(79)73(72-78)77-75(80)69-65-61-57-53-49-45-42-38-35-32-29-27-25-23-22-24-26-28-30-33-36-39-43-47-51-55-59-63-67-71-82-76(81)70-66-62-58-54-50-46-40-18-16-14-12-10-8-6-4-2/h12,14,18,22,24,28,30,40,73-74,78-79H,3-11,13,15-17,19-21,23,25-27,29,31-39,41-72H2,1-2H3,(H,77,80)/b14-12-,24-22-,30-28-,40-18-. The highest BCUT2D eigenvalue weighted by molar-refractivity contribution is 5.76. The predicted octanol–water partition coefficient (Wildman–Crippen LogP) is 24.0. The van der Waals surface area contributed by atoms with Crippen LogP contribution in [0.1, 0.15) is 399 Å². The number of aliphatic hydroxyl groups is 2. The average molecular weight is 1150 g/mol. The van der Waals surface area contributed by atoms with Crippen molar-refractivity contribution < 1.29 is 24.5 Å². The number of amides is 1. The van der Waals surface area contributed by atoms with Gasteiger partial charge in [0.2, 0.25) is 5.91 Å². The molecule has 0 heterocycles. The average Bonchev–Trinajstić information content (AvgIpc) is 3.48. The van der Waals surface area contributed by atoms with Gasteiger partial charge in [-0.3, -0.25) is 9.59 Å². The molecule has 0 aliphatic heterocycles. The van der Waals surface area contributed by atoms with Crippen LogP contribution in [0.15, 0.2) is 48.6 Å². The lowest BCUT2D eigenvalue weighted by Crippen LogP contribution is -2.45. The fourth-order valence-corrected chi connectivity index (χ4v) is 11.5. The van der Waals surface area contributed by atoms with Crippen molar-refractivity contribution in [1.29, 1.82) is 0 Å². The van der Waals surface area contributed by atoms with Crippen LogP contribution in [0.4, 0.5) is 0 Å². The minimum absolute atomic E-state index is 0.00173. The number of esters is 1. The van der Waals surface area contributed by atoms with Crippen LogP contribution in [0, 0.1) is 0 Å². The Morgan fingerprint density at radius 3 is 0.951 bits per heavy atom. The van der Waals surface area contributed by atoms with E-state index in [4.69, 9.17) is 4.74 Å². The van der Waals surface area contributed by atoms with E-state index in [0.717, 1.165) is 57.8 Å². The molecule has 0 aliphatic rings. The topological polar surface area (TPSA) is 95.9 Å². The van der Waals surface area contributed by atoms with E-state index in [1.807, 2.05) is 0 Å². The van der Waals surface area contributed by atoms with Crippen molar-refractivity contribution in [2.75, 3.05) is 13.2 Å². The van der Waals surface area contributed by atoms with Gasteiger partial charge in [-0.05, 0) is 89.9 Å². The third-order valence-electron chi connectivity index (χ3n) is 17.1. The zero-order valence-corrected chi connectivity index (χ0v) is 55.2. The number of unbranched alkanes of at least 4 members (excludes halogenated alkanes) is 50. The van der Waals surface area contributed by atoms with Crippen LogP contribution in [0.3, 0.4) is 0 Å². The first-order valence-electron chi connectivity index (χ1n) is 36.9. The van der Waals surface area contributed by atoms with Crippen LogP contribution in [-0.4, -0.2) is 47.4 Å². The maximum Gasteiger partial charge on any atom is 0.305 e. The van der Waals surface area contributed by atoms with E-state index in [0.29, 0.717) is 25.9 Å². The lowest BCUT2D eigenvalue weighted by molar-refractivity contribution is -0.143. The van der Waals surface area contributed by atoms with Crippen molar-refractivity contribution in [3.05, 3.63) is 48.6 Å². The quantitative estimate of drug-likeness (QED) is 0.0320. The molecule has 482 valence electrons. The molecule has 0 rings (SSSR count). The molecule has 0 aromatic rings. The number of rotatable bonds is 69. The lowest BCUT2D eigenvalue weighted by atomic mass is 10.0. The Balaban J connectivity index is 3.41. The number of carbonyl (C=O) groups excluding carboxylic acids is 2. The summed E-state index contributed by atoms with van der Waals surface area (Å²) in [4.78, 5) is 24.6. The molecule has 6 heteroatoms. The fourth-order valence-electron chi connectivity index (χ4n) is 11.5. The number of hydrogen-bond acceptors (Lipinski definition) is 5. The van der Waals surface area contributed by atoms with Crippen molar-refractivity contribution in [1.82, 2.24) is 5.32 Å². The highest BCUT2D eigenvalue weighted by Gasteiger charge is 2.20. The second-order valence-electron chi connectivity index (χ2n) is 25.3. The van der Waals surface area contributed by atoms with Gasteiger partial charge in [0, 0.05) is 12.8 Å². The summed E-state index contributed by atoms with van der Waals surface area (Å²) in [6.07, 6.45) is 93.1. The zero-order chi connectivity index (χ0) is 59.2. The number of ether oxygens (including phenoxy) is 1. The summed E-state index contributed by atoms with van der Waals surface area (Å²) >= 11 is 0. The molecule has 82 heavy (non-hydrogen) atoms. The maximum absolute atomic E-state index is 12.6. The summed E-state index contributed by atoms with van der Waals surface area (Å²) in [7, 11) is 0. The van der Waals surface area contributed by atoms with Gasteiger partial charge in [0.1, 0.15) is 0 Å². The van der Waals surface area contributed by atoms with Gasteiger partial charge in [0.05, 0.1) is 25.4 Å². The highest BCUT2D eigenvalue weighted by atomic mass is 16.5. The Labute approximate surface area is 512 Å². The van der Waals surface area contributed by atoms with Crippen molar-refractivity contribution >= 4 is 11.9 Å². The number of allylic oxidation sites excluding steroid dienone is 8. The molecule has 2 unspecified atom stereocenters. The van der Waals surface area contributed by atoms with Gasteiger partial charge in [0.25, 0.3) is 0 Å². The molecule has 0 aliphatic carbocycles. The van der Waals surface area contributed by atoms with E-state index in [9.17, 15) is 19.8 Å². The largest absolute Gasteiger partial charge is 0.466 e. The first kappa shape index (κ1) is 79.8. The molecular formula is C76H143NO5. The molecule has 0 fully saturated rings. The molecule has 0 saturated carbocycles. The van der Waals surface area contributed by atoms with Crippen molar-refractivity contribution in [3.8, 4) is 0 Å². The van der Waals surface area contributed by atoms with Crippen LogP contribution in [0.25, 0.3) is 0 Å². The molecule has 2 atom stereocenters. The van der Waals surface area contributed by atoms with E-state index in [1.165, 1.54) is 308 Å². The second-order valence-corrected chi connectivity index (χ2v) is 25.3. The smallest absolute Gasteiger partial charge is 0.305 e. The maximum atomic E-state index is 12.6. The molecule has 0 aromatic carbocycles. The molecular weight excluding hydrogens is 1010 g/mol. The Bertz CT molecular complexity index is 1370. The van der Waals surface area contributed by atoms with Crippen molar-refractivity contribution in [2.24, 2.45) is 0 Å². The van der Waals surface area contributed by atoms with Gasteiger partial charge in [0.15, 0.2) is 0 Å². The van der Waals surface area contributed by atoms with Gasteiger partial charge in [-0.1, -0.05) is 345 Å². The predicted molar refractivity (Wildman–Crippen MR) is 361 cm³/mol. The minimum Gasteiger partial charge on any atom is -0.466 e. The monoisotopic (exact) mass is 1150 g/mol. The van der Waals surface area contributed by atoms with Crippen LogP contribution >= 0.6 is 0 Å². The Kier molecular flexibility index (Phi) is 69.4.